The molecule has 0 aliphatic carbocycles. The van der Waals surface area contributed by atoms with Crippen LogP contribution in [0.25, 0.3) is 33.3 Å². The van der Waals surface area contributed by atoms with Gasteiger partial charge in [-0.1, -0.05) is 84.9 Å². The minimum absolute atomic E-state index is 0.214. The minimum atomic E-state index is -3.70. The molecule has 0 N–H and O–H groups in total. The number of nitrogens with zero attached hydrogens (tertiary/aromatic N) is 3. The molecular weight excluding hydrogens is 703 g/mol. The molecule has 0 saturated heterocycles. The molecule has 7 nitrogen and oxygen atoms in total. The van der Waals surface area contributed by atoms with Crippen LogP contribution in [-0.2, 0) is 9.84 Å². The second-order valence-corrected chi connectivity index (χ2v) is 15.1. The van der Waals surface area contributed by atoms with Crippen molar-refractivity contribution in [3.8, 4) is 33.9 Å². The van der Waals surface area contributed by atoms with Gasteiger partial charge in [-0.15, -0.1) is 0 Å². The van der Waals surface area contributed by atoms with Gasteiger partial charge in [0.2, 0.25) is 9.84 Å². The van der Waals surface area contributed by atoms with Crippen LogP contribution in [0.2, 0.25) is 0 Å². The van der Waals surface area contributed by atoms with E-state index in [1.807, 2.05) is 36.4 Å². The molecule has 0 fully saturated rings. The number of ether oxygens (including phenoxy) is 2. The lowest BCUT2D eigenvalue weighted by molar-refractivity contribution is 0.394. The van der Waals surface area contributed by atoms with E-state index in [1.165, 1.54) is 0 Å². The molecule has 0 radical (unpaired) electrons. The first kappa shape index (κ1) is 33.9. The van der Waals surface area contributed by atoms with Crippen molar-refractivity contribution in [2.45, 2.75) is 9.79 Å². The molecule has 0 saturated carbocycles. The van der Waals surface area contributed by atoms with Gasteiger partial charge in [-0.3, -0.25) is 0 Å². The van der Waals surface area contributed by atoms with Gasteiger partial charge in [0.25, 0.3) is 0 Å². The van der Waals surface area contributed by atoms with Gasteiger partial charge in [0.15, 0.2) is 0 Å². The molecule has 2 heterocycles. The van der Waals surface area contributed by atoms with E-state index < -0.39 is 9.84 Å². The Labute approximate surface area is 320 Å². The number of methoxy groups -OCH3 is 2. The minimum Gasteiger partial charge on any atom is -0.497 e. The first-order valence-corrected chi connectivity index (χ1v) is 19.3. The quantitative estimate of drug-likeness (QED) is 0.154. The van der Waals surface area contributed by atoms with Crippen molar-refractivity contribution in [3.05, 3.63) is 176 Å². The zero-order valence-corrected chi connectivity index (χ0v) is 30.9. The largest absolute Gasteiger partial charge is 0.497 e. The molecule has 1 aromatic heterocycles. The molecule has 0 atom stereocenters. The number of rotatable bonds is 8. The summed E-state index contributed by atoms with van der Waals surface area (Å²) in [5.41, 5.74) is 10.1. The number of sulfone groups is 1. The predicted molar refractivity (Wildman–Crippen MR) is 221 cm³/mol. The Bertz CT molecular complexity index is 2740. The van der Waals surface area contributed by atoms with E-state index >= 15 is 0 Å². The van der Waals surface area contributed by atoms with Gasteiger partial charge in [0.1, 0.15) is 11.5 Å². The summed E-state index contributed by atoms with van der Waals surface area (Å²) < 4.78 is 38.4. The third kappa shape index (κ3) is 5.93. The number of para-hydroxylation sites is 6. The zero-order valence-electron chi connectivity index (χ0n) is 30.1. The molecule has 55 heavy (non-hydrogen) atoms. The molecule has 268 valence electrons. The summed E-state index contributed by atoms with van der Waals surface area (Å²) in [7, 11) is -0.419. The maximum absolute atomic E-state index is 13.5. The van der Waals surface area contributed by atoms with E-state index in [-0.39, 0.29) is 9.79 Å². The molecule has 0 amide bonds. The van der Waals surface area contributed by atoms with Crippen LogP contribution in [0.3, 0.4) is 0 Å². The van der Waals surface area contributed by atoms with Crippen LogP contribution in [0.15, 0.2) is 186 Å². The van der Waals surface area contributed by atoms with Crippen molar-refractivity contribution in [3.63, 3.8) is 0 Å². The van der Waals surface area contributed by atoms with Gasteiger partial charge < -0.3 is 19.3 Å². The zero-order chi connectivity index (χ0) is 37.5. The van der Waals surface area contributed by atoms with Gasteiger partial charge in [-0.25, -0.2) is 13.4 Å². The normalized spacial score (nSPS) is 12.3. The molecule has 8 heteroatoms. The van der Waals surface area contributed by atoms with Crippen LogP contribution >= 0.6 is 0 Å². The highest BCUT2D eigenvalue weighted by atomic mass is 32.2. The van der Waals surface area contributed by atoms with E-state index in [0.29, 0.717) is 17.2 Å². The second kappa shape index (κ2) is 13.8. The van der Waals surface area contributed by atoms with Crippen LogP contribution in [-0.4, -0.2) is 27.6 Å². The standard InChI is InChI=1S/C47H35N3O4S/c1-53-35-28-33(29-36(30-35)54-2)40-31-41(32-24-26-38(27-25-32)55(51,52)37-16-7-4-8-17-37)48-47-39(40)18-13-23-46(47)50-44-21-11-9-19-42(44)49(34-14-5-3-6-15-34)43-20-10-12-22-45(43)50/h3-31H,1-2H3. The Hall–Kier alpha value is -6.90. The first-order valence-electron chi connectivity index (χ1n) is 17.9. The van der Waals surface area contributed by atoms with E-state index in [1.54, 1.807) is 56.7 Å². The van der Waals surface area contributed by atoms with Gasteiger partial charge in [-0.2, -0.15) is 0 Å². The summed E-state index contributed by atoms with van der Waals surface area (Å²) in [6, 6.07) is 56.8. The smallest absolute Gasteiger partial charge is 0.206 e. The van der Waals surface area contributed by atoms with Crippen molar-refractivity contribution in [2.24, 2.45) is 0 Å². The summed E-state index contributed by atoms with van der Waals surface area (Å²) in [6.45, 7) is 0. The topological polar surface area (TPSA) is 72.0 Å². The highest BCUT2D eigenvalue weighted by Crippen LogP contribution is 2.55. The molecule has 1 aliphatic rings. The molecule has 9 rings (SSSR count). The Kier molecular flexibility index (Phi) is 8.52. The fourth-order valence-corrected chi connectivity index (χ4v) is 8.65. The first-order chi connectivity index (χ1) is 26.9. The van der Waals surface area contributed by atoms with Crippen molar-refractivity contribution >= 4 is 54.9 Å². The maximum Gasteiger partial charge on any atom is 0.206 e. The van der Waals surface area contributed by atoms with Gasteiger partial charge >= 0.3 is 0 Å². The number of fused-ring (bicyclic) bond motifs is 3. The van der Waals surface area contributed by atoms with E-state index in [9.17, 15) is 8.42 Å². The average Bonchev–Trinajstić information content (AvgIpc) is 3.25. The van der Waals surface area contributed by atoms with Crippen LogP contribution < -0.4 is 19.3 Å². The van der Waals surface area contributed by atoms with Gasteiger partial charge in [0.05, 0.1) is 63.7 Å². The van der Waals surface area contributed by atoms with E-state index in [0.717, 1.165) is 61.7 Å². The SMILES string of the molecule is COc1cc(OC)cc(-c2cc(-c3ccc(S(=O)(=O)c4ccccc4)cc3)nc3c(N4c5ccccc5N(c5ccccc5)c5ccccc54)cccc23)c1. The van der Waals surface area contributed by atoms with Crippen molar-refractivity contribution in [1.29, 1.82) is 0 Å². The van der Waals surface area contributed by atoms with Crippen molar-refractivity contribution in [2.75, 3.05) is 24.0 Å². The summed E-state index contributed by atoms with van der Waals surface area (Å²) >= 11 is 0. The lowest BCUT2D eigenvalue weighted by atomic mass is 9.96. The maximum atomic E-state index is 13.5. The molecule has 7 aromatic carbocycles. The van der Waals surface area contributed by atoms with Crippen LogP contribution in [0.4, 0.5) is 34.1 Å². The van der Waals surface area contributed by atoms with Crippen molar-refractivity contribution in [1.82, 2.24) is 4.98 Å². The third-order valence-electron chi connectivity index (χ3n) is 9.98. The monoisotopic (exact) mass is 737 g/mol. The summed E-state index contributed by atoms with van der Waals surface area (Å²) in [6.07, 6.45) is 0. The van der Waals surface area contributed by atoms with Crippen LogP contribution in [0.5, 0.6) is 11.5 Å². The Morgan fingerprint density at radius 1 is 0.473 bits per heavy atom. The molecule has 0 unspecified atom stereocenters. The van der Waals surface area contributed by atoms with Gasteiger partial charge in [0, 0.05) is 22.7 Å². The number of anilines is 6. The molecular formula is C47H35N3O4S. The summed E-state index contributed by atoms with van der Waals surface area (Å²) in [4.78, 5) is 10.4. The Morgan fingerprint density at radius 3 is 1.56 bits per heavy atom. The fourth-order valence-electron chi connectivity index (χ4n) is 7.36. The molecule has 0 bridgehead atoms. The van der Waals surface area contributed by atoms with Crippen LogP contribution in [0.1, 0.15) is 0 Å². The lowest BCUT2D eigenvalue weighted by Crippen LogP contribution is -2.24. The number of aromatic nitrogens is 1. The molecule has 1 aliphatic heterocycles. The predicted octanol–water partition coefficient (Wildman–Crippen LogP) is 11.7. The Balaban J connectivity index is 1.28. The number of hydrogen-bond donors (Lipinski definition) is 0. The van der Waals surface area contributed by atoms with Crippen molar-refractivity contribution < 1.29 is 17.9 Å². The van der Waals surface area contributed by atoms with E-state index in [4.69, 9.17) is 14.5 Å². The van der Waals surface area contributed by atoms with Gasteiger partial charge in [-0.05, 0) is 96.1 Å². The number of pyridine rings is 1. The molecule has 8 aromatic rings. The Morgan fingerprint density at radius 2 is 0.982 bits per heavy atom. The van der Waals surface area contributed by atoms with Crippen LogP contribution in [0, 0.1) is 0 Å². The number of benzene rings is 7. The second-order valence-electron chi connectivity index (χ2n) is 13.2. The summed E-state index contributed by atoms with van der Waals surface area (Å²) in [5.74, 6) is 1.32. The highest BCUT2D eigenvalue weighted by Gasteiger charge is 2.31. The fraction of sp³-hybridized carbons (Fsp3) is 0.0426. The average molecular weight is 738 g/mol. The van der Waals surface area contributed by atoms with E-state index in [2.05, 4.69) is 107 Å². The highest BCUT2D eigenvalue weighted by molar-refractivity contribution is 7.91. The summed E-state index contributed by atoms with van der Waals surface area (Å²) in [5, 5.41) is 0.931. The molecule has 0 spiro atoms. The number of hydrogen-bond acceptors (Lipinski definition) is 7. The lowest BCUT2D eigenvalue weighted by Gasteiger charge is -2.40. The third-order valence-corrected chi connectivity index (χ3v) is 11.8.